The van der Waals surface area contributed by atoms with Crippen LogP contribution in [0.1, 0.15) is 52.9 Å². The monoisotopic (exact) mass is 224 g/mol. The van der Waals surface area contributed by atoms with Crippen molar-refractivity contribution in [2.24, 2.45) is 11.3 Å². The van der Waals surface area contributed by atoms with Crippen molar-refractivity contribution < 1.29 is 9.53 Å². The first-order chi connectivity index (χ1) is 7.49. The molecule has 0 saturated heterocycles. The number of hydrogen-bond acceptors (Lipinski definition) is 2. The topological polar surface area (TPSA) is 26.3 Å². The quantitative estimate of drug-likeness (QED) is 0.525. The number of ether oxygens (including phenoxy) is 1. The van der Waals surface area contributed by atoms with Crippen LogP contribution in [0.3, 0.4) is 0 Å². The van der Waals surface area contributed by atoms with Crippen LogP contribution in [0.25, 0.3) is 0 Å². The summed E-state index contributed by atoms with van der Waals surface area (Å²) in [7, 11) is 0. The second kappa shape index (κ2) is 5.51. The van der Waals surface area contributed by atoms with Crippen LogP contribution in [-0.4, -0.2) is 12.1 Å². The van der Waals surface area contributed by atoms with Crippen LogP contribution in [0.5, 0.6) is 0 Å². The van der Waals surface area contributed by atoms with E-state index in [4.69, 9.17) is 4.74 Å². The molecule has 0 N–H and O–H groups in total. The van der Waals surface area contributed by atoms with Gasteiger partial charge in [-0.1, -0.05) is 40.2 Å². The fourth-order valence-corrected chi connectivity index (χ4v) is 2.73. The molecule has 2 atom stereocenters. The van der Waals surface area contributed by atoms with Crippen molar-refractivity contribution in [3.63, 3.8) is 0 Å². The second-order valence-corrected chi connectivity index (χ2v) is 5.53. The van der Waals surface area contributed by atoms with Gasteiger partial charge in [0.15, 0.2) is 0 Å². The number of carbonyl (C=O) groups is 1. The minimum atomic E-state index is -0.281. The van der Waals surface area contributed by atoms with E-state index < -0.39 is 0 Å². The summed E-state index contributed by atoms with van der Waals surface area (Å²) in [6.45, 7) is 10.2. The molecule has 92 valence electrons. The molecular formula is C14H24O2. The zero-order valence-corrected chi connectivity index (χ0v) is 10.8. The highest BCUT2D eigenvalue weighted by Gasteiger charge is 2.41. The second-order valence-electron chi connectivity index (χ2n) is 5.53. The van der Waals surface area contributed by atoms with E-state index in [0.29, 0.717) is 11.3 Å². The predicted octanol–water partition coefficient (Wildman–Crippen LogP) is 3.71. The Labute approximate surface area is 99.1 Å². The number of hydrogen-bond donors (Lipinski definition) is 0. The molecule has 1 rings (SSSR count). The maximum atomic E-state index is 11.2. The van der Waals surface area contributed by atoms with E-state index in [0.717, 1.165) is 12.8 Å². The molecule has 0 spiro atoms. The van der Waals surface area contributed by atoms with Gasteiger partial charge in [0.2, 0.25) is 0 Å². The van der Waals surface area contributed by atoms with E-state index in [9.17, 15) is 4.79 Å². The van der Waals surface area contributed by atoms with Gasteiger partial charge < -0.3 is 4.74 Å². The molecule has 0 aromatic heterocycles. The molecule has 2 nitrogen and oxygen atoms in total. The van der Waals surface area contributed by atoms with Crippen LogP contribution >= 0.6 is 0 Å². The number of carbonyl (C=O) groups excluding carboxylic acids is 1. The zero-order chi connectivity index (χ0) is 12.2. The van der Waals surface area contributed by atoms with Gasteiger partial charge in [0.1, 0.15) is 6.10 Å². The molecule has 0 radical (unpaired) electrons. The Hall–Kier alpha value is -0.790. The molecule has 0 amide bonds. The highest BCUT2D eigenvalue weighted by molar-refractivity contribution is 5.81. The van der Waals surface area contributed by atoms with E-state index in [1.165, 1.54) is 25.3 Å². The van der Waals surface area contributed by atoms with E-state index in [2.05, 4.69) is 27.4 Å². The number of unbranched alkanes of at least 4 members (excludes halogenated alkanes) is 1. The molecule has 2 unspecified atom stereocenters. The van der Waals surface area contributed by atoms with Gasteiger partial charge in [-0.2, -0.15) is 0 Å². The van der Waals surface area contributed by atoms with Gasteiger partial charge in [0.05, 0.1) is 0 Å². The van der Waals surface area contributed by atoms with Crippen LogP contribution in [0.15, 0.2) is 12.7 Å². The van der Waals surface area contributed by atoms with Crippen molar-refractivity contribution in [1.29, 1.82) is 0 Å². The first-order valence-corrected chi connectivity index (χ1v) is 6.32. The third-order valence-electron chi connectivity index (χ3n) is 3.76. The molecule has 2 heteroatoms. The van der Waals surface area contributed by atoms with Crippen LogP contribution in [-0.2, 0) is 9.53 Å². The Bertz CT molecular complexity index is 255. The van der Waals surface area contributed by atoms with Crippen molar-refractivity contribution >= 4 is 5.97 Å². The SMILES string of the molecule is C=CC(=O)OC1CC(CCCC)C(C)(C)C1. The summed E-state index contributed by atoms with van der Waals surface area (Å²) in [5, 5.41) is 0. The lowest BCUT2D eigenvalue weighted by atomic mass is 9.79. The summed E-state index contributed by atoms with van der Waals surface area (Å²) in [6, 6.07) is 0. The standard InChI is InChI=1S/C14H24O2/c1-5-7-8-11-9-12(10-14(11,3)4)16-13(15)6-2/h6,11-12H,2,5,7-10H2,1,3-4H3. The molecule has 1 saturated carbocycles. The lowest BCUT2D eigenvalue weighted by Gasteiger charge is -2.26. The summed E-state index contributed by atoms with van der Waals surface area (Å²) in [5.74, 6) is 0.409. The van der Waals surface area contributed by atoms with Gasteiger partial charge >= 0.3 is 5.97 Å². The molecule has 1 aliphatic rings. The average molecular weight is 224 g/mol. The third kappa shape index (κ3) is 3.36. The highest BCUT2D eigenvalue weighted by atomic mass is 16.5. The molecule has 0 aromatic carbocycles. The van der Waals surface area contributed by atoms with Crippen LogP contribution in [0.2, 0.25) is 0 Å². The number of rotatable bonds is 5. The molecule has 0 heterocycles. The average Bonchev–Trinajstić information content (AvgIpc) is 2.49. The largest absolute Gasteiger partial charge is 0.459 e. The Balaban J connectivity index is 2.50. The maximum Gasteiger partial charge on any atom is 0.330 e. The van der Waals surface area contributed by atoms with Crippen molar-refractivity contribution in [2.45, 2.75) is 59.0 Å². The minimum Gasteiger partial charge on any atom is -0.459 e. The molecule has 0 bridgehead atoms. The lowest BCUT2D eigenvalue weighted by Crippen LogP contribution is -2.17. The third-order valence-corrected chi connectivity index (χ3v) is 3.76. The Kier molecular flexibility index (Phi) is 4.57. The summed E-state index contributed by atoms with van der Waals surface area (Å²) in [5.41, 5.74) is 0.307. The molecule has 0 aromatic rings. The van der Waals surface area contributed by atoms with Crippen molar-refractivity contribution in [3.05, 3.63) is 12.7 Å². The Morgan fingerprint density at radius 3 is 2.81 bits per heavy atom. The smallest absolute Gasteiger partial charge is 0.330 e. The summed E-state index contributed by atoms with van der Waals surface area (Å²) in [6.07, 6.45) is 7.13. The first kappa shape index (κ1) is 13.3. The van der Waals surface area contributed by atoms with E-state index in [1.54, 1.807) is 0 Å². The van der Waals surface area contributed by atoms with Gasteiger partial charge in [0, 0.05) is 6.08 Å². The Morgan fingerprint density at radius 2 is 2.25 bits per heavy atom. The van der Waals surface area contributed by atoms with Crippen molar-refractivity contribution in [3.8, 4) is 0 Å². The molecule has 0 aliphatic heterocycles. The van der Waals surface area contributed by atoms with Crippen molar-refractivity contribution in [1.82, 2.24) is 0 Å². The summed E-state index contributed by atoms with van der Waals surface area (Å²) in [4.78, 5) is 11.2. The fraction of sp³-hybridized carbons (Fsp3) is 0.786. The van der Waals surface area contributed by atoms with Gasteiger partial charge in [-0.15, -0.1) is 0 Å². The number of esters is 1. The predicted molar refractivity (Wildman–Crippen MR) is 66.1 cm³/mol. The zero-order valence-electron chi connectivity index (χ0n) is 10.8. The molecule has 16 heavy (non-hydrogen) atoms. The first-order valence-electron chi connectivity index (χ1n) is 6.32. The highest BCUT2D eigenvalue weighted by Crippen LogP contribution is 2.46. The molecular weight excluding hydrogens is 200 g/mol. The van der Waals surface area contributed by atoms with Crippen LogP contribution < -0.4 is 0 Å². The molecule has 1 aliphatic carbocycles. The van der Waals surface area contributed by atoms with Gasteiger partial charge in [0.25, 0.3) is 0 Å². The normalized spacial score (nSPS) is 27.7. The summed E-state index contributed by atoms with van der Waals surface area (Å²) < 4.78 is 5.35. The van der Waals surface area contributed by atoms with Gasteiger partial charge in [-0.05, 0) is 30.6 Å². The van der Waals surface area contributed by atoms with Gasteiger partial charge in [-0.25, -0.2) is 4.79 Å². The van der Waals surface area contributed by atoms with Crippen LogP contribution in [0, 0.1) is 11.3 Å². The minimum absolute atomic E-state index is 0.0994. The van der Waals surface area contributed by atoms with E-state index in [-0.39, 0.29) is 12.1 Å². The Morgan fingerprint density at radius 1 is 1.56 bits per heavy atom. The van der Waals surface area contributed by atoms with Gasteiger partial charge in [-0.3, -0.25) is 0 Å². The van der Waals surface area contributed by atoms with Crippen molar-refractivity contribution in [2.75, 3.05) is 0 Å². The maximum absolute atomic E-state index is 11.2. The molecule has 1 fully saturated rings. The van der Waals surface area contributed by atoms with Crippen LogP contribution in [0.4, 0.5) is 0 Å². The fourth-order valence-electron chi connectivity index (χ4n) is 2.73. The van der Waals surface area contributed by atoms with E-state index >= 15 is 0 Å². The summed E-state index contributed by atoms with van der Waals surface area (Å²) >= 11 is 0. The lowest BCUT2D eigenvalue weighted by molar-refractivity contribution is -0.142. The van der Waals surface area contributed by atoms with E-state index in [1.807, 2.05) is 0 Å².